The van der Waals surface area contributed by atoms with Crippen molar-refractivity contribution in [1.29, 1.82) is 0 Å². The molecule has 1 aliphatic carbocycles. The molecular weight excluding hydrogens is 295 g/mol. The summed E-state index contributed by atoms with van der Waals surface area (Å²) in [6, 6.07) is 15.0. The lowest BCUT2D eigenvalue weighted by Gasteiger charge is -2.01. The molecule has 3 rings (SSSR count). The quantitative estimate of drug-likeness (QED) is 0.557. The molecule has 0 saturated carbocycles. The summed E-state index contributed by atoms with van der Waals surface area (Å²) in [7, 11) is -2.17. The van der Waals surface area contributed by atoms with Crippen molar-refractivity contribution in [3.05, 3.63) is 58.1 Å². The van der Waals surface area contributed by atoms with Gasteiger partial charge in [-0.2, -0.15) is 0 Å². The summed E-state index contributed by atoms with van der Waals surface area (Å²) in [6.45, 7) is 0. The van der Waals surface area contributed by atoms with Crippen LogP contribution in [-0.2, 0) is 6.42 Å². The molecule has 0 atom stereocenters. The van der Waals surface area contributed by atoms with Crippen LogP contribution in [0, 0.1) is 0 Å². The Labute approximate surface area is 114 Å². The third-order valence-corrected chi connectivity index (χ3v) is 3.54. The van der Waals surface area contributed by atoms with Crippen LogP contribution in [0.2, 0.25) is 0 Å². The third-order valence-electron chi connectivity index (χ3n) is 2.79. The molecule has 0 unspecified atom stereocenters. The van der Waals surface area contributed by atoms with Gasteiger partial charge < -0.3 is 15.1 Å². The highest BCUT2D eigenvalue weighted by atomic mass is 79.9. The number of hydrogen-bond donors (Lipinski definition) is 3. The van der Waals surface area contributed by atoms with Crippen LogP contribution in [0.5, 0.6) is 0 Å². The maximum atomic E-state index is 7.17. The Morgan fingerprint density at radius 3 is 2.22 bits per heavy atom. The molecule has 0 bridgehead atoms. The lowest BCUT2D eigenvalue weighted by atomic mass is 10.1. The predicted molar refractivity (Wildman–Crippen MR) is 74.8 cm³/mol. The fourth-order valence-electron chi connectivity index (χ4n) is 2.12. The zero-order valence-corrected chi connectivity index (χ0v) is 11.1. The first-order valence-corrected chi connectivity index (χ1v) is 6.29. The molecule has 18 heavy (non-hydrogen) atoms. The van der Waals surface area contributed by atoms with Crippen LogP contribution in [0.3, 0.4) is 0 Å². The van der Waals surface area contributed by atoms with E-state index in [9.17, 15) is 0 Å². The van der Waals surface area contributed by atoms with Gasteiger partial charge in [0.15, 0.2) is 0 Å². The second kappa shape index (κ2) is 5.67. The molecule has 1 aliphatic rings. The Balaban J connectivity index is 0.000000267. The number of hydrogen-bond acceptors (Lipinski definition) is 3. The monoisotopic (exact) mass is 306 g/mol. The number of benzene rings is 2. The molecule has 2 aromatic carbocycles. The summed E-state index contributed by atoms with van der Waals surface area (Å²) in [5.74, 6) is 0. The van der Waals surface area contributed by atoms with Gasteiger partial charge in [-0.25, -0.2) is 0 Å². The first-order chi connectivity index (χ1) is 8.59. The summed E-state index contributed by atoms with van der Waals surface area (Å²) >= 11 is 3.61. The molecule has 92 valence electrons. The summed E-state index contributed by atoms with van der Waals surface area (Å²) < 4.78 is 1.23. The highest BCUT2D eigenvalue weighted by Gasteiger charge is 2.18. The van der Waals surface area contributed by atoms with Crippen molar-refractivity contribution in [3.63, 3.8) is 0 Å². The minimum absolute atomic E-state index is 1.06. The van der Waals surface area contributed by atoms with E-state index in [0.29, 0.717) is 0 Å². The van der Waals surface area contributed by atoms with Gasteiger partial charge in [0.05, 0.1) is 0 Å². The van der Waals surface area contributed by atoms with Crippen molar-refractivity contribution in [2.75, 3.05) is 0 Å². The van der Waals surface area contributed by atoms with Crippen LogP contribution < -0.4 is 0 Å². The van der Waals surface area contributed by atoms with Crippen LogP contribution in [-0.4, -0.2) is 22.4 Å². The largest absolute Gasteiger partial charge is 0.631 e. The van der Waals surface area contributed by atoms with Crippen LogP contribution in [0.15, 0.2) is 46.9 Å². The van der Waals surface area contributed by atoms with Crippen molar-refractivity contribution in [3.8, 4) is 11.1 Å². The zero-order chi connectivity index (χ0) is 13.1. The molecule has 0 amide bonds. The molecule has 3 nitrogen and oxygen atoms in total. The van der Waals surface area contributed by atoms with Gasteiger partial charge in [0.1, 0.15) is 0 Å². The van der Waals surface area contributed by atoms with Gasteiger partial charge in [0, 0.05) is 4.47 Å². The van der Waals surface area contributed by atoms with Gasteiger partial charge in [-0.05, 0) is 34.7 Å². The second-order valence-electron chi connectivity index (χ2n) is 3.95. The van der Waals surface area contributed by atoms with E-state index >= 15 is 0 Å². The van der Waals surface area contributed by atoms with Crippen LogP contribution in [0.4, 0.5) is 0 Å². The fourth-order valence-corrected chi connectivity index (χ4v) is 2.62. The number of halogens is 1. The second-order valence-corrected chi connectivity index (χ2v) is 4.80. The maximum Gasteiger partial charge on any atom is 0.631 e. The molecular formula is C13H12BBrO3. The van der Waals surface area contributed by atoms with E-state index in [-0.39, 0.29) is 0 Å². The average molecular weight is 307 g/mol. The lowest BCUT2D eigenvalue weighted by molar-refractivity contribution is 0.278. The van der Waals surface area contributed by atoms with E-state index in [4.69, 9.17) is 15.1 Å². The van der Waals surface area contributed by atoms with Gasteiger partial charge >= 0.3 is 7.32 Å². The molecule has 0 heterocycles. The van der Waals surface area contributed by atoms with Gasteiger partial charge in [0.25, 0.3) is 0 Å². The van der Waals surface area contributed by atoms with E-state index < -0.39 is 7.32 Å². The zero-order valence-electron chi connectivity index (χ0n) is 9.55. The molecule has 5 heteroatoms. The van der Waals surface area contributed by atoms with Gasteiger partial charge in [-0.3, -0.25) is 0 Å². The van der Waals surface area contributed by atoms with Gasteiger partial charge in [0.2, 0.25) is 0 Å². The molecule has 0 saturated heterocycles. The van der Waals surface area contributed by atoms with E-state index in [1.165, 1.54) is 26.7 Å². The van der Waals surface area contributed by atoms with Crippen molar-refractivity contribution >= 4 is 23.3 Å². The first kappa shape index (κ1) is 13.3. The average Bonchev–Trinajstić information content (AvgIpc) is 2.69. The summed E-state index contributed by atoms with van der Waals surface area (Å²) in [5, 5.41) is 21.5. The Hall–Kier alpha value is -1.14. The van der Waals surface area contributed by atoms with Crippen molar-refractivity contribution in [2.45, 2.75) is 6.42 Å². The number of rotatable bonds is 0. The van der Waals surface area contributed by atoms with Crippen molar-refractivity contribution in [2.24, 2.45) is 0 Å². The fraction of sp³-hybridized carbons (Fsp3) is 0.0769. The predicted octanol–water partition coefficient (Wildman–Crippen LogP) is 1.97. The molecule has 0 fully saturated rings. The maximum absolute atomic E-state index is 7.17. The Bertz CT molecular complexity index is 555. The molecule has 3 N–H and O–H groups in total. The molecule has 2 aromatic rings. The molecule has 0 aliphatic heterocycles. The highest BCUT2D eigenvalue weighted by molar-refractivity contribution is 9.10. The number of fused-ring (bicyclic) bond motifs is 3. The summed E-state index contributed by atoms with van der Waals surface area (Å²) in [4.78, 5) is 0. The van der Waals surface area contributed by atoms with E-state index in [0.717, 1.165) is 6.42 Å². The highest BCUT2D eigenvalue weighted by Crippen LogP contribution is 2.39. The van der Waals surface area contributed by atoms with Crippen molar-refractivity contribution < 1.29 is 15.1 Å². The van der Waals surface area contributed by atoms with Crippen molar-refractivity contribution in [1.82, 2.24) is 0 Å². The summed E-state index contributed by atoms with van der Waals surface area (Å²) in [5.41, 5.74) is 5.64. The Morgan fingerprint density at radius 2 is 1.50 bits per heavy atom. The van der Waals surface area contributed by atoms with E-state index in [1.54, 1.807) is 0 Å². The van der Waals surface area contributed by atoms with Gasteiger partial charge in [-0.1, -0.05) is 52.3 Å². The SMILES string of the molecule is Brc1cccc2c1Cc1ccccc1-2.OB(O)O. The van der Waals surface area contributed by atoms with Gasteiger partial charge in [-0.15, -0.1) is 0 Å². The minimum Gasteiger partial charge on any atom is -0.402 e. The molecule has 0 radical (unpaired) electrons. The van der Waals surface area contributed by atoms with Crippen LogP contribution in [0.25, 0.3) is 11.1 Å². The smallest absolute Gasteiger partial charge is 0.402 e. The Morgan fingerprint density at radius 1 is 0.889 bits per heavy atom. The standard InChI is InChI=1S/C13H9Br.BH3O3/c14-13-7-3-6-11-10-5-2-1-4-9(10)8-12(11)13;2-1(3)4/h1-7H,8H2;2-4H. The van der Waals surface area contributed by atoms with Crippen LogP contribution >= 0.6 is 15.9 Å². The minimum atomic E-state index is -2.17. The normalized spacial score (nSPS) is 11.1. The first-order valence-electron chi connectivity index (χ1n) is 5.49. The summed E-state index contributed by atoms with van der Waals surface area (Å²) in [6.07, 6.45) is 1.06. The third kappa shape index (κ3) is 2.81. The molecule has 0 aromatic heterocycles. The Kier molecular flexibility index (Phi) is 4.19. The van der Waals surface area contributed by atoms with E-state index in [1.807, 2.05) is 0 Å². The van der Waals surface area contributed by atoms with Crippen LogP contribution in [0.1, 0.15) is 11.1 Å². The topological polar surface area (TPSA) is 60.7 Å². The van der Waals surface area contributed by atoms with E-state index in [2.05, 4.69) is 58.4 Å². The molecule has 0 spiro atoms. The lowest BCUT2D eigenvalue weighted by Crippen LogP contribution is -2.07.